The van der Waals surface area contributed by atoms with E-state index in [0.717, 1.165) is 18.4 Å². The lowest BCUT2D eigenvalue weighted by Gasteiger charge is -2.33. The molecule has 0 aliphatic carbocycles. The first-order valence-electron chi connectivity index (χ1n) is 8.61. The minimum Gasteiger partial charge on any atom is -0.271 e. The number of amides is 1. The van der Waals surface area contributed by atoms with Crippen molar-refractivity contribution < 1.29 is 18.0 Å². The third kappa shape index (κ3) is 4.30. The molecule has 1 fully saturated rings. The number of piperidine rings is 1. The predicted octanol–water partition coefficient (Wildman–Crippen LogP) is 2.48. The lowest BCUT2D eigenvalue weighted by atomic mass is 10.0. The van der Waals surface area contributed by atoms with Gasteiger partial charge in [-0.3, -0.25) is 9.63 Å². The number of nitrogens with zero attached hydrogens (tertiary/aromatic N) is 1. The van der Waals surface area contributed by atoms with Gasteiger partial charge in [0.25, 0.3) is 5.91 Å². The largest absolute Gasteiger partial charge is 0.271 e. The van der Waals surface area contributed by atoms with Gasteiger partial charge in [-0.1, -0.05) is 55.0 Å². The number of hydrogen-bond acceptors (Lipinski definition) is 4. The normalized spacial score (nSPS) is 18.4. The summed E-state index contributed by atoms with van der Waals surface area (Å²) >= 11 is 0. The third-order valence-electron chi connectivity index (χ3n) is 4.36. The molecule has 0 bridgehead atoms. The Hall–Kier alpha value is -2.22. The summed E-state index contributed by atoms with van der Waals surface area (Å²) in [6.45, 7) is 0.554. The van der Waals surface area contributed by atoms with Gasteiger partial charge in [-0.15, -0.1) is 0 Å². The van der Waals surface area contributed by atoms with E-state index in [1.54, 1.807) is 30.3 Å². The molecule has 0 saturated carbocycles. The Morgan fingerprint density at radius 3 is 2.38 bits per heavy atom. The molecule has 0 radical (unpaired) electrons. The molecule has 1 atom stereocenters. The van der Waals surface area contributed by atoms with Crippen LogP contribution in [-0.2, 0) is 26.3 Å². The van der Waals surface area contributed by atoms with Crippen LogP contribution in [0.4, 0.5) is 0 Å². The number of carbonyl (C=O) groups excluding carboxylic acids is 1. The Bertz CT molecular complexity index is 825. The van der Waals surface area contributed by atoms with Gasteiger partial charge in [0.15, 0.2) is 0 Å². The maximum atomic E-state index is 12.9. The fourth-order valence-electron chi connectivity index (χ4n) is 3.02. The average Bonchev–Trinajstić information content (AvgIpc) is 2.69. The van der Waals surface area contributed by atoms with E-state index < -0.39 is 22.0 Å². The number of nitrogens with one attached hydrogen (secondary N) is 1. The second-order valence-electron chi connectivity index (χ2n) is 6.18. The summed E-state index contributed by atoms with van der Waals surface area (Å²) in [5.41, 5.74) is 3.33. The highest BCUT2D eigenvalue weighted by Gasteiger charge is 2.37. The van der Waals surface area contributed by atoms with E-state index in [-0.39, 0.29) is 11.5 Å². The van der Waals surface area contributed by atoms with Crippen LogP contribution in [0, 0.1) is 0 Å². The molecule has 0 spiro atoms. The van der Waals surface area contributed by atoms with Crippen molar-refractivity contribution in [1.82, 2.24) is 9.79 Å². The van der Waals surface area contributed by atoms with E-state index in [0.29, 0.717) is 13.0 Å². The molecule has 1 amide bonds. The summed E-state index contributed by atoms with van der Waals surface area (Å²) in [6.07, 6.45) is 2.02. The Morgan fingerprint density at radius 2 is 1.69 bits per heavy atom. The number of hydroxylamine groups is 1. The number of hydrogen-bond donors (Lipinski definition) is 1. The van der Waals surface area contributed by atoms with Crippen LogP contribution in [0.3, 0.4) is 0 Å². The molecule has 1 unspecified atom stereocenters. The summed E-state index contributed by atoms with van der Waals surface area (Å²) < 4.78 is 27.1. The summed E-state index contributed by atoms with van der Waals surface area (Å²) in [5, 5.41) is 0. The molecule has 138 valence electrons. The third-order valence-corrected chi connectivity index (χ3v) is 6.28. The highest BCUT2D eigenvalue weighted by molar-refractivity contribution is 7.89. The fraction of sp³-hybridized carbons (Fsp3) is 0.316. The molecule has 3 rings (SSSR count). The van der Waals surface area contributed by atoms with Gasteiger partial charge < -0.3 is 0 Å². The van der Waals surface area contributed by atoms with Crippen molar-refractivity contribution in [3.8, 4) is 0 Å². The highest BCUT2D eigenvalue weighted by atomic mass is 32.2. The summed E-state index contributed by atoms with van der Waals surface area (Å²) in [5.74, 6) is -0.430. The van der Waals surface area contributed by atoms with Crippen LogP contribution in [0.1, 0.15) is 24.8 Å². The Labute approximate surface area is 153 Å². The summed E-state index contributed by atoms with van der Waals surface area (Å²) in [4.78, 5) is 18.0. The maximum absolute atomic E-state index is 12.9. The number of benzene rings is 2. The van der Waals surface area contributed by atoms with Crippen molar-refractivity contribution in [2.24, 2.45) is 0 Å². The van der Waals surface area contributed by atoms with E-state index >= 15 is 0 Å². The molecule has 7 heteroatoms. The molecule has 1 heterocycles. The number of sulfonamides is 1. The quantitative estimate of drug-likeness (QED) is 0.788. The van der Waals surface area contributed by atoms with E-state index in [4.69, 9.17) is 4.84 Å². The molecule has 0 aromatic heterocycles. The van der Waals surface area contributed by atoms with E-state index in [2.05, 4.69) is 5.48 Å². The molecule has 1 aliphatic heterocycles. The second-order valence-corrected chi connectivity index (χ2v) is 8.07. The second kappa shape index (κ2) is 8.44. The highest BCUT2D eigenvalue weighted by Crippen LogP contribution is 2.25. The zero-order valence-electron chi connectivity index (χ0n) is 14.4. The van der Waals surface area contributed by atoms with Crippen molar-refractivity contribution in [3.05, 3.63) is 66.2 Å². The minimum atomic E-state index is -3.72. The zero-order valence-corrected chi connectivity index (χ0v) is 15.2. The molecule has 26 heavy (non-hydrogen) atoms. The van der Waals surface area contributed by atoms with Gasteiger partial charge in [0, 0.05) is 6.54 Å². The van der Waals surface area contributed by atoms with Crippen molar-refractivity contribution in [2.75, 3.05) is 6.54 Å². The van der Waals surface area contributed by atoms with E-state index in [1.807, 2.05) is 30.3 Å². The average molecular weight is 374 g/mol. The first kappa shape index (κ1) is 18.6. The molecule has 1 N–H and O–H groups in total. The van der Waals surface area contributed by atoms with Gasteiger partial charge >= 0.3 is 0 Å². The van der Waals surface area contributed by atoms with Crippen LogP contribution in [0.15, 0.2) is 65.6 Å². The van der Waals surface area contributed by atoms with Crippen LogP contribution in [0.5, 0.6) is 0 Å². The van der Waals surface area contributed by atoms with Crippen LogP contribution >= 0.6 is 0 Å². The van der Waals surface area contributed by atoms with Crippen LogP contribution in [0.25, 0.3) is 0 Å². The minimum absolute atomic E-state index is 0.199. The number of carbonyl (C=O) groups is 1. The molecule has 2 aromatic rings. The monoisotopic (exact) mass is 374 g/mol. The van der Waals surface area contributed by atoms with E-state index in [9.17, 15) is 13.2 Å². The van der Waals surface area contributed by atoms with Gasteiger partial charge in [-0.05, 0) is 30.5 Å². The van der Waals surface area contributed by atoms with Gasteiger partial charge in [0.05, 0.1) is 11.5 Å². The zero-order chi connectivity index (χ0) is 18.4. The Balaban J connectivity index is 1.67. The first-order chi connectivity index (χ1) is 12.6. The van der Waals surface area contributed by atoms with Gasteiger partial charge in [0.1, 0.15) is 6.04 Å². The van der Waals surface area contributed by atoms with Crippen LogP contribution in [-0.4, -0.2) is 31.2 Å². The SMILES string of the molecule is O=C(NOCc1ccccc1)C1CCCCN1S(=O)(=O)c1ccccc1. The number of rotatable bonds is 6. The fourth-order valence-corrected chi connectivity index (χ4v) is 4.69. The smallest absolute Gasteiger partial charge is 0.261 e. The van der Waals surface area contributed by atoms with Crippen LogP contribution < -0.4 is 5.48 Å². The molecule has 6 nitrogen and oxygen atoms in total. The summed E-state index contributed by atoms with van der Waals surface area (Å²) in [7, 11) is -3.72. The molecular formula is C19H22N2O4S. The predicted molar refractivity (Wildman–Crippen MR) is 97.3 cm³/mol. The molecule has 2 aromatic carbocycles. The Kier molecular flexibility index (Phi) is 6.03. The van der Waals surface area contributed by atoms with E-state index in [1.165, 1.54) is 4.31 Å². The summed E-state index contributed by atoms with van der Waals surface area (Å²) in [6, 6.07) is 16.9. The molecule has 1 aliphatic rings. The lowest BCUT2D eigenvalue weighted by Crippen LogP contribution is -2.51. The topological polar surface area (TPSA) is 75.7 Å². The van der Waals surface area contributed by atoms with Crippen molar-refractivity contribution in [3.63, 3.8) is 0 Å². The first-order valence-corrected chi connectivity index (χ1v) is 10.1. The maximum Gasteiger partial charge on any atom is 0.261 e. The van der Waals surface area contributed by atoms with Gasteiger partial charge in [0.2, 0.25) is 10.0 Å². The van der Waals surface area contributed by atoms with Crippen molar-refractivity contribution in [2.45, 2.75) is 36.8 Å². The van der Waals surface area contributed by atoms with Gasteiger partial charge in [-0.25, -0.2) is 13.9 Å². The van der Waals surface area contributed by atoms with Gasteiger partial charge in [-0.2, -0.15) is 4.31 Å². The van der Waals surface area contributed by atoms with Crippen molar-refractivity contribution in [1.29, 1.82) is 0 Å². The molecular weight excluding hydrogens is 352 g/mol. The molecule has 1 saturated heterocycles. The lowest BCUT2D eigenvalue weighted by molar-refractivity contribution is -0.139. The van der Waals surface area contributed by atoms with Crippen molar-refractivity contribution >= 4 is 15.9 Å². The Morgan fingerprint density at radius 1 is 1.04 bits per heavy atom. The standard InChI is InChI=1S/C19H22N2O4S/c22-19(20-25-15-16-9-3-1-4-10-16)18-13-7-8-14-21(18)26(23,24)17-11-5-2-6-12-17/h1-6,9-12,18H,7-8,13-15H2,(H,20,22). The van der Waals surface area contributed by atoms with Crippen LogP contribution in [0.2, 0.25) is 0 Å².